The Hall–Kier alpha value is -6.59. The second-order valence-electron chi connectivity index (χ2n) is 16.0. The Kier molecular flexibility index (Phi) is 20.0. The lowest BCUT2D eigenvalue weighted by Gasteiger charge is -2.15. The highest BCUT2D eigenvalue weighted by Crippen LogP contribution is 2.44. The van der Waals surface area contributed by atoms with Crippen molar-refractivity contribution < 1.29 is 54.6 Å². The third-order valence-corrected chi connectivity index (χ3v) is 12.2. The maximum atomic E-state index is 13.7. The zero-order valence-electron chi connectivity index (χ0n) is 40.0. The maximum absolute atomic E-state index is 13.7. The summed E-state index contributed by atoms with van der Waals surface area (Å²) in [5.41, 5.74) is -4.15. The standard InChI is InChI=1S/C42H22Cl4F6N6O4.C6H16N2O2S.C2H6/c43-27-11-9-21(41(47,48)49)15-33(27)55-57-35-23-7-3-1-5-19(23)13-25(37(35)59)39(61)53-31-17-30(46)32(18-29(31)45)54-40(62)26-14-20-6-2-4-8-24(20)36(38(26)60)58-56-34-16-22(42(50,51)52)10-12-28(34)44;1-8(2)6-4-5-7-11(3,9)10;1-2/h1-18,59-60H,(H,53,61)(H,54,62);7H,4-6H2,1-3H3;1-2H3. The summed E-state index contributed by atoms with van der Waals surface area (Å²) in [4.78, 5) is 29.3. The van der Waals surface area contributed by atoms with Gasteiger partial charge in [0.1, 0.15) is 22.7 Å². The van der Waals surface area contributed by atoms with E-state index in [9.17, 15) is 54.6 Å². The van der Waals surface area contributed by atoms with Crippen LogP contribution in [0.3, 0.4) is 0 Å². The van der Waals surface area contributed by atoms with Gasteiger partial charge in [0.2, 0.25) is 10.0 Å². The highest BCUT2D eigenvalue weighted by Gasteiger charge is 2.32. The first kappa shape index (κ1) is 59.3. The van der Waals surface area contributed by atoms with Gasteiger partial charge < -0.3 is 25.7 Å². The molecule has 0 saturated carbocycles. The van der Waals surface area contributed by atoms with Crippen LogP contribution in [0.15, 0.2) is 130 Å². The van der Waals surface area contributed by atoms with Crippen molar-refractivity contribution in [2.75, 3.05) is 44.1 Å². The van der Waals surface area contributed by atoms with Gasteiger partial charge in [-0.3, -0.25) is 9.59 Å². The second kappa shape index (κ2) is 25.3. The fourth-order valence-electron chi connectivity index (χ4n) is 6.69. The van der Waals surface area contributed by atoms with Crippen LogP contribution < -0.4 is 15.4 Å². The van der Waals surface area contributed by atoms with Gasteiger partial charge in [-0.1, -0.05) is 109 Å². The molecule has 0 aromatic heterocycles. The SMILES string of the molecule is CC.CN(C)CCCNS(C)(=O)=O.O=C(Nc1cc(Cl)c(NC(=O)c2cc3ccccc3c(N=Nc3cc(C(F)(F)F)ccc3Cl)c2O)cc1Cl)c1cc2ccccc2c(N=Nc2cc(C(F)(F)F)ccc2Cl)c1O. The Morgan fingerprint density at radius 1 is 0.587 bits per heavy atom. The molecule has 0 aliphatic heterocycles. The van der Waals surface area contributed by atoms with E-state index in [-0.39, 0.29) is 65.3 Å². The highest BCUT2D eigenvalue weighted by atomic mass is 35.5. The van der Waals surface area contributed by atoms with Crippen molar-refractivity contribution in [1.29, 1.82) is 0 Å². The first-order chi connectivity index (χ1) is 35.2. The number of nitrogens with zero attached hydrogens (tertiary/aromatic N) is 5. The van der Waals surface area contributed by atoms with Gasteiger partial charge in [-0.2, -0.15) is 26.3 Å². The van der Waals surface area contributed by atoms with Crippen LogP contribution in [0.25, 0.3) is 21.5 Å². The van der Waals surface area contributed by atoms with Crippen molar-refractivity contribution >= 4 is 124 Å². The summed E-state index contributed by atoms with van der Waals surface area (Å²) in [5, 5.41) is 44.0. The van der Waals surface area contributed by atoms with Gasteiger partial charge in [0.25, 0.3) is 11.8 Å². The van der Waals surface area contributed by atoms with E-state index in [2.05, 4.69) is 35.8 Å². The number of phenols is 2. The second-order valence-corrected chi connectivity index (χ2v) is 19.4. The zero-order valence-corrected chi connectivity index (χ0v) is 43.8. The van der Waals surface area contributed by atoms with Crippen molar-refractivity contribution in [3.63, 3.8) is 0 Å². The van der Waals surface area contributed by atoms with E-state index in [1.165, 1.54) is 30.5 Å². The van der Waals surface area contributed by atoms with E-state index in [0.29, 0.717) is 40.2 Å². The van der Waals surface area contributed by atoms with Crippen LogP contribution in [0.1, 0.15) is 52.1 Å². The number of fused-ring (bicyclic) bond motifs is 2. The van der Waals surface area contributed by atoms with Crippen molar-refractivity contribution in [1.82, 2.24) is 9.62 Å². The summed E-state index contributed by atoms with van der Waals surface area (Å²) >= 11 is 25.2. The van der Waals surface area contributed by atoms with Gasteiger partial charge in [0.05, 0.1) is 60.0 Å². The number of carbonyl (C=O) groups is 2. The van der Waals surface area contributed by atoms with Gasteiger partial charge in [-0.25, -0.2) is 13.1 Å². The van der Waals surface area contributed by atoms with Gasteiger partial charge in [-0.15, -0.1) is 20.5 Å². The summed E-state index contributed by atoms with van der Waals surface area (Å²) in [6, 6.07) is 22.7. The fourth-order valence-corrected chi connectivity index (χ4v) is 7.94. The molecule has 0 bridgehead atoms. The molecule has 2 amide bonds. The van der Waals surface area contributed by atoms with E-state index in [0.717, 1.165) is 37.2 Å². The molecular weight excluding hydrogens is 1100 g/mol. The van der Waals surface area contributed by atoms with Crippen LogP contribution >= 0.6 is 46.4 Å². The Balaban J connectivity index is 0.000000711. The average molecular weight is 1140 g/mol. The number of halogens is 10. The molecule has 0 saturated heterocycles. The number of anilines is 2. The summed E-state index contributed by atoms with van der Waals surface area (Å²) in [5.74, 6) is -3.23. The van der Waals surface area contributed by atoms with Crippen LogP contribution in [0.2, 0.25) is 20.1 Å². The number of phenolic OH excluding ortho intramolecular Hbond substituents is 2. The van der Waals surface area contributed by atoms with Gasteiger partial charge >= 0.3 is 12.4 Å². The van der Waals surface area contributed by atoms with Crippen LogP contribution in [0.4, 0.5) is 60.5 Å². The van der Waals surface area contributed by atoms with E-state index in [1.807, 2.05) is 32.8 Å². The van der Waals surface area contributed by atoms with Crippen molar-refractivity contribution in [2.45, 2.75) is 32.6 Å². The lowest BCUT2D eigenvalue weighted by atomic mass is 10.0. The zero-order chi connectivity index (χ0) is 55.6. The molecule has 0 aliphatic rings. The van der Waals surface area contributed by atoms with Crippen LogP contribution in [0, 0.1) is 0 Å². The molecule has 0 unspecified atom stereocenters. The molecule has 5 N–H and O–H groups in total. The van der Waals surface area contributed by atoms with Gasteiger partial charge in [0.15, 0.2) is 11.5 Å². The number of nitrogens with one attached hydrogen (secondary N) is 3. The normalized spacial score (nSPS) is 11.9. The first-order valence-corrected chi connectivity index (χ1v) is 25.4. The number of alkyl halides is 6. The number of aromatic hydroxyl groups is 2. The largest absolute Gasteiger partial charge is 0.505 e. The predicted molar refractivity (Wildman–Crippen MR) is 282 cm³/mol. The highest BCUT2D eigenvalue weighted by molar-refractivity contribution is 7.88. The van der Waals surface area contributed by atoms with Crippen LogP contribution in [-0.2, 0) is 22.4 Å². The smallest absolute Gasteiger partial charge is 0.416 e. The number of hydrogen-bond acceptors (Lipinski definition) is 11. The number of carbonyl (C=O) groups excluding carboxylic acids is 2. The molecule has 0 spiro atoms. The monoisotopic (exact) mass is 1140 g/mol. The molecule has 75 heavy (non-hydrogen) atoms. The predicted octanol–water partition coefficient (Wildman–Crippen LogP) is 15.9. The fraction of sp³-hybridized carbons (Fsp3) is 0.200. The summed E-state index contributed by atoms with van der Waals surface area (Å²) in [7, 11) is 0.927. The lowest BCUT2D eigenvalue weighted by Crippen LogP contribution is -2.25. The number of sulfonamides is 1. The van der Waals surface area contributed by atoms with Crippen molar-refractivity contribution in [3.8, 4) is 11.5 Å². The Morgan fingerprint density at radius 3 is 1.33 bits per heavy atom. The molecule has 7 aromatic rings. The molecule has 7 rings (SSSR count). The minimum atomic E-state index is -4.70. The Bertz CT molecular complexity index is 3240. The molecule has 0 fully saturated rings. The Labute approximate surface area is 446 Å². The van der Waals surface area contributed by atoms with Crippen molar-refractivity contribution in [3.05, 3.63) is 152 Å². The first-order valence-electron chi connectivity index (χ1n) is 22.0. The molecule has 14 nitrogen and oxygen atoms in total. The van der Waals surface area contributed by atoms with Gasteiger partial charge in [0, 0.05) is 17.3 Å². The van der Waals surface area contributed by atoms with E-state index < -0.39 is 56.8 Å². The Morgan fingerprint density at radius 2 is 0.973 bits per heavy atom. The third kappa shape index (κ3) is 15.7. The van der Waals surface area contributed by atoms with E-state index >= 15 is 0 Å². The van der Waals surface area contributed by atoms with Crippen LogP contribution in [-0.4, -0.2) is 68.8 Å². The summed E-state index contributed by atoms with van der Waals surface area (Å²) in [6.45, 7) is 5.43. The number of azo groups is 2. The maximum Gasteiger partial charge on any atom is 0.416 e. The molecule has 396 valence electrons. The van der Waals surface area contributed by atoms with Gasteiger partial charge in [-0.05, 0) is 98.5 Å². The average Bonchev–Trinajstić information content (AvgIpc) is 3.34. The summed E-state index contributed by atoms with van der Waals surface area (Å²) in [6.07, 6.45) is -7.39. The van der Waals surface area contributed by atoms with Crippen molar-refractivity contribution in [2.24, 2.45) is 20.5 Å². The number of rotatable bonds is 13. The van der Waals surface area contributed by atoms with E-state index in [4.69, 9.17) is 46.4 Å². The molecule has 25 heteroatoms. The minimum absolute atomic E-state index is 0.0874. The quantitative estimate of drug-likeness (QED) is 0.0430. The number of hydrogen-bond donors (Lipinski definition) is 5. The number of benzene rings is 7. The third-order valence-electron chi connectivity index (χ3n) is 10.2. The lowest BCUT2D eigenvalue weighted by molar-refractivity contribution is -0.138. The van der Waals surface area contributed by atoms with E-state index in [1.54, 1.807) is 48.5 Å². The molecule has 0 aliphatic carbocycles. The van der Waals surface area contributed by atoms with Crippen LogP contribution in [0.5, 0.6) is 11.5 Å². The molecule has 0 heterocycles. The number of amides is 2. The minimum Gasteiger partial charge on any atom is -0.505 e. The molecular formula is C50H44Cl4F6N8O6S. The summed E-state index contributed by atoms with van der Waals surface area (Å²) < 4.78 is 104. The molecule has 7 aromatic carbocycles. The molecule has 0 atom stereocenters. The topological polar surface area (TPSA) is 198 Å². The molecule has 0 radical (unpaired) electrons.